The fraction of sp³-hybridized carbons (Fsp3) is 0.371. The van der Waals surface area contributed by atoms with Crippen LogP contribution in [0.25, 0.3) is 11.3 Å². The maximum Gasteiger partial charge on any atom is 0.329 e. The van der Waals surface area contributed by atoms with Crippen molar-refractivity contribution in [2.75, 3.05) is 52.5 Å². The number of piperidine rings is 1. The van der Waals surface area contributed by atoms with Gasteiger partial charge in [-0.1, -0.05) is 42.5 Å². The number of imidazole rings is 1. The molecule has 4 heterocycles. The standard InChI is InChI=1S/C35H40N6O5/c1-26(42)39-17-7-11-29(25-39)41-32(28-9-3-2-4-10-28)33(34(43)38-18-15-36-16-19-38)40(35(41)44)24-27-8-5-12-30(22-27)45-20-21-46-31-13-6-14-37-23-31/h2-6,8-10,12-14,22-23,29,36H,7,11,15-21,24-25H2,1H3. The van der Waals surface area contributed by atoms with Crippen LogP contribution in [0.5, 0.6) is 11.5 Å². The fourth-order valence-corrected chi connectivity index (χ4v) is 6.27. The predicted octanol–water partition coefficient (Wildman–Crippen LogP) is 3.45. The third-order valence-electron chi connectivity index (χ3n) is 8.53. The van der Waals surface area contributed by atoms with Crippen LogP contribution in [0.15, 0.2) is 83.9 Å². The predicted molar refractivity (Wildman–Crippen MR) is 174 cm³/mol. The molecule has 1 atom stereocenters. The summed E-state index contributed by atoms with van der Waals surface area (Å²) in [5.41, 5.74) is 2.33. The number of amides is 2. The number of rotatable bonds is 10. The van der Waals surface area contributed by atoms with E-state index in [1.165, 1.54) is 0 Å². The molecule has 6 rings (SSSR count). The van der Waals surface area contributed by atoms with Crippen molar-refractivity contribution in [2.45, 2.75) is 32.4 Å². The molecule has 46 heavy (non-hydrogen) atoms. The number of piperazine rings is 1. The van der Waals surface area contributed by atoms with Gasteiger partial charge in [-0.2, -0.15) is 0 Å². The van der Waals surface area contributed by atoms with Crippen LogP contribution in [0.2, 0.25) is 0 Å². The minimum atomic E-state index is -0.260. The summed E-state index contributed by atoms with van der Waals surface area (Å²) in [7, 11) is 0. The van der Waals surface area contributed by atoms with Crippen molar-refractivity contribution >= 4 is 11.8 Å². The van der Waals surface area contributed by atoms with E-state index in [9.17, 15) is 14.4 Å². The van der Waals surface area contributed by atoms with Gasteiger partial charge in [0.05, 0.1) is 24.5 Å². The molecule has 0 saturated carbocycles. The second-order valence-electron chi connectivity index (χ2n) is 11.6. The molecule has 2 aromatic carbocycles. The first kappa shape index (κ1) is 31.1. The van der Waals surface area contributed by atoms with E-state index in [-0.39, 0.29) is 30.1 Å². The molecule has 4 aromatic rings. The molecule has 0 spiro atoms. The van der Waals surface area contributed by atoms with E-state index in [0.717, 1.165) is 24.0 Å². The monoisotopic (exact) mass is 624 g/mol. The van der Waals surface area contributed by atoms with E-state index >= 15 is 0 Å². The second-order valence-corrected chi connectivity index (χ2v) is 11.6. The Morgan fingerprint density at radius 1 is 0.913 bits per heavy atom. The Balaban J connectivity index is 1.36. The number of hydrogen-bond donors (Lipinski definition) is 1. The molecule has 11 heteroatoms. The van der Waals surface area contributed by atoms with Gasteiger partial charge >= 0.3 is 5.69 Å². The molecule has 1 unspecified atom stereocenters. The van der Waals surface area contributed by atoms with E-state index in [2.05, 4.69) is 10.3 Å². The number of carbonyl (C=O) groups excluding carboxylic acids is 2. The molecule has 240 valence electrons. The van der Waals surface area contributed by atoms with Gasteiger partial charge in [0, 0.05) is 58.0 Å². The zero-order valence-corrected chi connectivity index (χ0v) is 26.1. The van der Waals surface area contributed by atoms with E-state index in [1.807, 2.05) is 71.6 Å². The minimum Gasteiger partial charge on any atom is -0.490 e. The molecule has 2 saturated heterocycles. The van der Waals surface area contributed by atoms with Crippen LogP contribution in [0, 0.1) is 0 Å². The molecule has 2 fully saturated rings. The number of likely N-dealkylation sites (tertiary alicyclic amines) is 1. The number of nitrogens with zero attached hydrogens (tertiary/aromatic N) is 5. The molecule has 11 nitrogen and oxygen atoms in total. The van der Waals surface area contributed by atoms with Crippen LogP contribution >= 0.6 is 0 Å². The number of aromatic nitrogens is 3. The van der Waals surface area contributed by atoms with Gasteiger partial charge in [0.2, 0.25) is 5.91 Å². The zero-order chi connectivity index (χ0) is 31.9. The van der Waals surface area contributed by atoms with Gasteiger partial charge in [0.15, 0.2) is 0 Å². The van der Waals surface area contributed by atoms with E-state index in [0.29, 0.717) is 75.4 Å². The molecule has 0 radical (unpaired) electrons. The van der Waals surface area contributed by atoms with Gasteiger partial charge < -0.3 is 24.6 Å². The largest absolute Gasteiger partial charge is 0.490 e. The lowest BCUT2D eigenvalue weighted by Crippen LogP contribution is -2.47. The quantitative estimate of drug-likeness (QED) is 0.269. The summed E-state index contributed by atoms with van der Waals surface area (Å²) in [6.07, 6.45) is 4.86. The molecule has 2 aromatic heterocycles. The SMILES string of the molecule is CC(=O)N1CCCC(n2c(-c3ccccc3)c(C(=O)N3CCNCC3)n(Cc3cccc(OCCOc4cccnc4)c3)c2=O)C1. The van der Waals surface area contributed by atoms with E-state index in [1.54, 1.807) is 33.4 Å². The van der Waals surface area contributed by atoms with Crippen LogP contribution in [0.4, 0.5) is 0 Å². The van der Waals surface area contributed by atoms with E-state index < -0.39 is 0 Å². The molecule has 2 aliphatic rings. The highest BCUT2D eigenvalue weighted by atomic mass is 16.5. The summed E-state index contributed by atoms with van der Waals surface area (Å²) >= 11 is 0. The maximum atomic E-state index is 14.6. The van der Waals surface area contributed by atoms with Crippen LogP contribution in [0.3, 0.4) is 0 Å². The van der Waals surface area contributed by atoms with Crippen LogP contribution in [-0.4, -0.2) is 88.2 Å². The number of hydrogen-bond acceptors (Lipinski definition) is 7. The molecule has 1 N–H and O–H groups in total. The Bertz CT molecular complexity index is 1700. The molecule has 0 bridgehead atoms. The highest BCUT2D eigenvalue weighted by Crippen LogP contribution is 2.32. The van der Waals surface area contributed by atoms with Crippen molar-refractivity contribution < 1.29 is 19.1 Å². The third kappa shape index (κ3) is 6.99. The Morgan fingerprint density at radius 2 is 1.67 bits per heavy atom. The fourth-order valence-electron chi connectivity index (χ4n) is 6.27. The first-order valence-corrected chi connectivity index (χ1v) is 15.9. The number of pyridine rings is 1. The molecule has 2 aliphatic heterocycles. The van der Waals surface area contributed by atoms with Gasteiger partial charge in [-0.25, -0.2) is 4.79 Å². The Morgan fingerprint density at radius 3 is 2.41 bits per heavy atom. The Hall–Kier alpha value is -4.90. The van der Waals surface area contributed by atoms with Gasteiger partial charge in [-0.3, -0.25) is 23.7 Å². The Labute approximate surface area is 268 Å². The Kier molecular flexibility index (Phi) is 9.78. The summed E-state index contributed by atoms with van der Waals surface area (Å²) < 4.78 is 15.1. The first-order valence-electron chi connectivity index (χ1n) is 15.9. The van der Waals surface area contributed by atoms with Gasteiger partial charge in [0.25, 0.3) is 5.91 Å². The van der Waals surface area contributed by atoms with Crippen LogP contribution in [0.1, 0.15) is 41.9 Å². The topological polar surface area (TPSA) is 111 Å². The zero-order valence-electron chi connectivity index (χ0n) is 26.1. The first-order chi connectivity index (χ1) is 22.5. The molecule has 0 aliphatic carbocycles. The van der Waals surface area contributed by atoms with Crippen molar-refractivity contribution in [3.8, 4) is 22.8 Å². The van der Waals surface area contributed by atoms with Gasteiger partial charge in [-0.05, 0) is 42.7 Å². The number of benzene rings is 2. The third-order valence-corrected chi connectivity index (χ3v) is 8.53. The van der Waals surface area contributed by atoms with Gasteiger partial charge in [0.1, 0.15) is 30.4 Å². The smallest absolute Gasteiger partial charge is 0.329 e. The van der Waals surface area contributed by atoms with Crippen molar-refractivity contribution in [3.63, 3.8) is 0 Å². The summed E-state index contributed by atoms with van der Waals surface area (Å²) in [6.45, 7) is 6.00. The number of ether oxygens (including phenoxy) is 2. The highest BCUT2D eigenvalue weighted by molar-refractivity contribution is 5.99. The van der Waals surface area contributed by atoms with Gasteiger partial charge in [-0.15, -0.1) is 0 Å². The lowest BCUT2D eigenvalue weighted by Gasteiger charge is -2.33. The molecular weight excluding hydrogens is 584 g/mol. The molecule has 2 amide bonds. The van der Waals surface area contributed by atoms with E-state index in [4.69, 9.17) is 9.47 Å². The minimum absolute atomic E-state index is 0.0155. The van der Waals surface area contributed by atoms with Crippen molar-refractivity contribution in [2.24, 2.45) is 0 Å². The highest BCUT2D eigenvalue weighted by Gasteiger charge is 2.34. The lowest BCUT2D eigenvalue weighted by molar-refractivity contribution is -0.130. The van der Waals surface area contributed by atoms with Crippen LogP contribution < -0.4 is 20.5 Å². The number of carbonyl (C=O) groups is 2. The summed E-state index contributed by atoms with van der Waals surface area (Å²) in [5, 5.41) is 3.31. The summed E-state index contributed by atoms with van der Waals surface area (Å²) in [4.78, 5) is 49.0. The summed E-state index contributed by atoms with van der Waals surface area (Å²) in [5.74, 6) is 1.13. The van der Waals surface area contributed by atoms with Crippen molar-refractivity contribution in [3.05, 3.63) is 101 Å². The molecular formula is C35H40N6O5. The average Bonchev–Trinajstić information content (AvgIpc) is 3.39. The number of nitrogens with one attached hydrogen (secondary N) is 1. The van der Waals surface area contributed by atoms with Crippen LogP contribution in [-0.2, 0) is 11.3 Å². The average molecular weight is 625 g/mol. The maximum absolute atomic E-state index is 14.6. The second kappa shape index (κ2) is 14.5. The normalized spacial score (nSPS) is 16.7. The van der Waals surface area contributed by atoms with Crippen molar-refractivity contribution in [1.82, 2.24) is 29.2 Å². The lowest BCUT2D eigenvalue weighted by atomic mass is 10.0. The van der Waals surface area contributed by atoms with Crippen molar-refractivity contribution in [1.29, 1.82) is 0 Å². The summed E-state index contributed by atoms with van der Waals surface area (Å²) in [6, 6.07) is 20.6.